The van der Waals surface area contributed by atoms with E-state index in [9.17, 15) is 8.78 Å². The fourth-order valence-electron chi connectivity index (χ4n) is 0.783. The molecule has 0 saturated carbocycles. The second-order valence-corrected chi connectivity index (χ2v) is 3.24. The summed E-state index contributed by atoms with van der Waals surface area (Å²) in [5.74, 6) is 0.160. The van der Waals surface area contributed by atoms with Gasteiger partial charge >= 0.3 is 6.11 Å². The number of hydrogen-bond acceptors (Lipinski definition) is 1. The molecule has 0 aromatic heterocycles. The van der Waals surface area contributed by atoms with Crippen LogP contribution >= 0.6 is 0 Å². The lowest BCUT2D eigenvalue weighted by Gasteiger charge is -2.16. The molecule has 0 N–H and O–H groups in total. The van der Waals surface area contributed by atoms with Crippen LogP contribution in [0.15, 0.2) is 35.6 Å². The number of halogens is 2. The van der Waals surface area contributed by atoms with Gasteiger partial charge in [0.2, 0.25) is 0 Å². The monoisotopic (exact) mass is 202 g/mol. The number of alkyl halides is 2. The molecule has 0 atom stereocenters. The van der Waals surface area contributed by atoms with Crippen molar-refractivity contribution >= 4 is 0 Å². The Morgan fingerprint density at radius 1 is 1.36 bits per heavy atom. The molecule has 0 unspecified atom stereocenters. The molecular formula is C11H16F2O. The van der Waals surface area contributed by atoms with Gasteiger partial charge in [0.1, 0.15) is 5.76 Å². The van der Waals surface area contributed by atoms with Gasteiger partial charge in [0.15, 0.2) is 0 Å². The van der Waals surface area contributed by atoms with E-state index in [1.54, 1.807) is 26.8 Å². The molecule has 0 aromatic rings. The predicted octanol–water partition coefficient (Wildman–Crippen LogP) is 4.04. The number of ether oxygens (including phenoxy) is 1. The van der Waals surface area contributed by atoms with Crippen LogP contribution in [-0.2, 0) is 4.74 Å². The van der Waals surface area contributed by atoms with Crippen molar-refractivity contribution < 1.29 is 13.5 Å². The Labute approximate surface area is 83.8 Å². The van der Waals surface area contributed by atoms with Crippen molar-refractivity contribution in [3.63, 3.8) is 0 Å². The zero-order valence-electron chi connectivity index (χ0n) is 9.03. The van der Waals surface area contributed by atoms with Crippen molar-refractivity contribution in [2.45, 2.75) is 33.8 Å². The average Bonchev–Trinajstić information content (AvgIpc) is 1.98. The fraction of sp³-hybridized carbons (Fsp3) is 0.455. The average molecular weight is 202 g/mol. The Morgan fingerprint density at radius 3 is 2.14 bits per heavy atom. The van der Waals surface area contributed by atoms with E-state index >= 15 is 0 Å². The summed E-state index contributed by atoms with van der Waals surface area (Å²) in [6, 6.07) is 0. The molecule has 0 amide bonds. The largest absolute Gasteiger partial charge is 0.433 e. The molecule has 0 aliphatic carbocycles. The Hall–Kier alpha value is -1.12. The van der Waals surface area contributed by atoms with Crippen LogP contribution in [0.1, 0.15) is 27.7 Å². The lowest BCUT2D eigenvalue weighted by atomic mass is 10.2. The first-order valence-electron chi connectivity index (χ1n) is 4.33. The molecule has 0 fully saturated rings. The van der Waals surface area contributed by atoms with Gasteiger partial charge in [-0.15, -0.1) is 0 Å². The van der Waals surface area contributed by atoms with Crippen molar-refractivity contribution in [1.82, 2.24) is 0 Å². The number of rotatable bonds is 4. The summed E-state index contributed by atoms with van der Waals surface area (Å²) in [4.78, 5) is 0. The van der Waals surface area contributed by atoms with Gasteiger partial charge in [0.25, 0.3) is 0 Å². The first-order valence-corrected chi connectivity index (χ1v) is 4.33. The van der Waals surface area contributed by atoms with Gasteiger partial charge in [0, 0.05) is 6.92 Å². The van der Waals surface area contributed by atoms with Crippen LogP contribution in [0.3, 0.4) is 0 Å². The highest BCUT2D eigenvalue weighted by atomic mass is 19.3. The van der Waals surface area contributed by atoms with Crippen LogP contribution in [0.2, 0.25) is 0 Å². The maximum atomic E-state index is 12.6. The minimum atomic E-state index is -3.16. The normalized spacial score (nSPS) is 14.1. The minimum Gasteiger partial charge on any atom is -0.433 e. The van der Waals surface area contributed by atoms with Crippen LogP contribution in [-0.4, -0.2) is 6.11 Å². The molecule has 3 heteroatoms. The molecule has 0 aliphatic rings. The minimum absolute atomic E-state index is 0.160. The quantitative estimate of drug-likeness (QED) is 0.493. The summed E-state index contributed by atoms with van der Waals surface area (Å²) >= 11 is 0. The smallest absolute Gasteiger partial charge is 0.394 e. The molecule has 0 heterocycles. The van der Waals surface area contributed by atoms with Crippen LogP contribution in [0.5, 0.6) is 0 Å². The SMILES string of the molecule is C=C(C)/C=C(OC(C)(F)F)\C(C)=C/C. The molecule has 0 radical (unpaired) electrons. The first kappa shape index (κ1) is 12.9. The van der Waals surface area contributed by atoms with Crippen LogP contribution < -0.4 is 0 Å². The highest BCUT2D eigenvalue weighted by Crippen LogP contribution is 2.23. The van der Waals surface area contributed by atoms with Gasteiger partial charge < -0.3 is 4.74 Å². The summed E-state index contributed by atoms with van der Waals surface area (Å²) in [5, 5.41) is 0. The summed E-state index contributed by atoms with van der Waals surface area (Å²) in [6.45, 7) is 9.52. The van der Waals surface area contributed by atoms with Crippen molar-refractivity contribution in [2.24, 2.45) is 0 Å². The molecule has 0 aliphatic heterocycles. The van der Waals surface area contributed by atoms with Crippen molar-refractivity contribution in [3.05, 3.63) is 35.6 Å². The molecule has 0 bridgehead atoms. The van der Waals surface area contributed by atoms with E-state index in [0.29, 0.717) is 18.1 Å². The summed E-state index contributed by atoms with van der Waals surface area (Å²) in [7, 11) is 0. The van der Waals surface area contributed by atoms with E-state index in [1.807, 2.05) is 0 Å². The maximum Gasteiger partial charge on any atom is 0.394 e. The maximum absolute atomic E-state index is 12.6. The zero-order chi connectivity index (χ0) is 11.4. The first-order chi connectivity index (χ1) is 6.26. The van der Waals surface area contributed by atoms with Crippen LogP contribution in [0, 0.1) is 0 Å². The Morgan fingerprint density at radius 2 is 1.86 bits per heavy atom. The molecule has 80 valence electrons. The molecule has 14 heavy (non-hydrogen) atoms. The lowest BCUT2D eigenvalue weighted by Crippen LogP contribution is -2.15. The van der Waals surface area contributed by atoms with Gasteiger partial charge in [-0.05, 0) is 32.4 Å². The summed E-state index contributed by atoms with van der Waals surface area (Å²) in [5.41, 5.74) is 1.33. The van der Waals surface area contributed by atoms with Crippen LogP contribution in [0.4, 0.5) is 8.78 Å². The van der Waals surface area contributed by atoms with E-state index in [0.717, 1.165) is 0 Å². The Kier molecular flexibility index (Phi) is 4.54. The Balaban J connectivity index is 4.85. The van der Waals surface area contributed by atoms with E-state index in [4.69, 9.17) is 0 Å². The second-order valence-electron chi connectivity index (χ2n) is 3.24. The predicted molar refractivity (Wildman–Crippen MR) is 54.0 cm³/mol. The zero-order valence-corrected chi connectivity index (χ0v) is 9.03. The fourth-order valence-corrected chi connectivity index (χ4v) is 0.783. The van der Waals surface area contributed by atoms with Gasteiger partial charge in [-0.25, -0.2) is 0 Å². The van der Waals surface area contributed by atoms with E-state index in [2.05, 4.69) is 11.3 Å². The number of hydrogen-bond donors (Lipinski definition) is 0. The molecular weight excluding hydrogens is 186 g/mol. The number of allylic oxidation sites excluding steroid dienone is 4. The molecule has 1 nitrogen and oxygen atoms in total. The van der Waals surface area contributed by atoms with Gasteiger partial charge in [0.05, 0.1) is 0 Å². The van der Waals surface area contributed by atoms with Gasteiger partial charge in [-0.3, -0.25) is 0 Å². The van der Waals surface area contributed by atoms with Crippen LogP contribution in [0.25, 0.3) is 0 Å². The molecule has 0 saturated heterocycles. The van der Waals surface area contributed by atoms with Crippen molar-refractivity contribution in [1.29, 1.82) is 0 Å². The third-order valence-corrected chi connectivity index (χ3v) is 1.49. The summed E-state index contributed by atoms with van der Waals surface area (Å²) in [6.07, 6.45) is 0.0405. The third-order valence-electron chi connectivity index (χ3n) is 1.49. The van der Waals surface area contributed by atoms with Gasteiger partial charge in [-0.1, -0.05) is 18.2 Å². The van der Waals surface area contributed by atoms with Crippen molar-refractivity contribution in [2.75, 3.05) is 0 Å². The van der Waals surface area contributed by atoms with E-state index < -0.39 is 6.11 Å². The van der Waals surface area contributed by atoms with E-state index in [-0.39, 0.29) is 5.76 Å². The highest BCUT2D eigenvalue weighted by Gasteiger charge is 2.24. The van der Waals surface area contributed by atoms with E-state index in [1.165, 1.54) is 6.08 Å². The summed E-state index contributed by atoms with van der Waals surface area (Å²) < 4.78 is 29.7. The lowest BCUT2D eigenvalue weighted by molar-refractivity contribution is -0.196. The Bertz CT molecular complexity index is 270. The molecule has 0 spiro atoms. The third kappa shape index (κ3) is 5.51. The molecule has 0 rings (SSSR count). The second kappa shape index (κ2) is 4.94. The van der Waals surface area contributed by atoms with Gasteiger partial charge in [-0.2, -0.15) is 8.78 Å². The molecule has 0 aromatic carbocycles. The standard InChI is InChI=1S/C11H16F2O/c1-6-9(4)10(7-8(2)3)14-11(5,12)13/h6-7H,2H2,1,3-5H3/b9-6-,10-7+. The topological polar surface area (TPSA) is 9.23 Å². The van der Waals surface area contributed by atoms with Crippen molar-refractivity contribution in [3.8, 4) is 0 Å². The highest BCUT2D eigenvalue weighted by molar-refractivity contribution is 5.29.